The van der Waals surface area contributed by atoms with Crippen LogP contribution in [0.5, 0.6) is 0 Å². The highest BCUT2D eigenvalue weighted by Crippen LogP contribution is 2.30. The molecule has 2 saturated carbocycles. The van der Waals surface area contributed by atoms with Crippen molar-refractivity contribution in [3.8, 4) is 0 Å². The van der Waals surface area contributed by atoms with E-state index in [2.05, 4.69) is 9.58 Å². The SMILES string of the molecule is CC.CC.CC.CC.N=[N+]=C(S(=O)(=O)C1CCCCC1)S(=O)(=O)C1CCCCC1.N=[N+]=C(S(=O)(=O)c1ccccc1)S(=O)(=O)c1ccccc1. The molecule has 12 nitrogen and oxygen atoms in total. The van der Waals surface area contributed by atoms with Gasteiger partial charge in [-0.3, -0.25) is 0 Å². The molecule has 2 N–H and O–H groups in total. The third-order valence-corrected chi connectivity index (χ3v) is 16.7. The van der Waals surface area contributed by atoms with Crippen LogP contribution in [0.2, 0.25) is 0 Å². The van der Waals surface area contributed by atoms with Crippen LogP contribution in [0.4, 0.5) is 0 Å². The van der Waals surface area contributed by atoms with Gasteiger partial charge in [-0.15, -0.1) is 0 Å². The molecule has 2 aromatic rings. The molecule has 0 unspecified atom stereocenters. The summed E-state index contributed by atoms with van der Waals surface area (Å²) in [5, 5.41) is -1.37. The van der Waals surface area contributed by atoms with Gasteiger partial charge >= 0.3 is 8.75 Å². The average Bonchev–Trinajstić information content (AvgIpc) is 3.17. The van der Waals surface area contributed by atoms with Crippen LogP contribution in [0.3, 0.4) is 0 Å². The first-order valence-electron chi connectivity index (χ1n) is 17.4. The zero-order valence-electron chi connectivity index (χ0n) is 30.8. The minimum absolute atomic E-state index is 0.226. The lowest BCUT2D eigenvalue weighted by Crippen LogP contribution is -2.40. The maximum absolute atomic E-state index is 12.6. The number of benzene rings is 2. The summed E-state index contributed by atoms with van der Waals surface area (Å²) >= 11 is 0. The van der Waals surface area contributed by atoms with Gasteiger partial charge < -0.3 is 0 Å². The Bertz CT molecular complexity index is 1670. The van der Waals surface area contributed by atoms with E-state index in [1.165, 1.54) is 48.5 Å². The summed E-state index contributed by atoms with van der Waals surface area (Å²) in [4.78, 5) is 5.29. The fourth-order valence-electron chi connectivity index (χ4n) is 4.99. The second-order valence-electron chi connectivity index (χ2n) is 10.00. The number of hydrogen-bond acceptors (Lipinski definition) is 10. The maximum Gasteiger partial charge on any atom is 0.553 e. The van der Waals surface area contributed by atoms with Crippen molar-refractivity contribution >= 4 is 48.1 Å². The molecule has 0 amide bonds. The summed E-state index contributed by atoms with van der Waals surface area (Å²) in [6.07, 6.45) is 7.02. The van der Waals surface area contributed by atoms with Crippen molar-refractivity contribution in [3.05, 3.63) is 60.7 Å². The van der Waals surface area contributed by atoms with E-state index in [9.17, 15) is 33.7 Å². The molecule has 0 spiro atoms. The number of nitrogens with zero attached hydrogens (tertiary/aromatic N) is 2. The van der Waals surface area contributed by atoms with Crippen LogP contribution in [0, 0.1) is 11.1 Å². The highest BCUT2D eigenvalue weighted by Gasteiger charge is 2.52. The molecule has 2 aliphatic carbocycles. The topological polar surface area (TPSA) is 212 Å². The minimum Gasteiger partial charge on any atom is -0.215 e. The molecular weight excluding hydrogens is 721 g/mol. The molecule has 0 aliphatic heterocycles. The summed E-state index contributed by atoms with van der Waals surface area (Å²) in [5.74, 6) is 0. The Hall–Kier alpha value is -3.00. The van der Waals surface area contributed by atoms with Crippen molar-refractivity contribution in [1.82, 2.24) is 0 Å². The second kappa shape index (κ2) is 25.0. The monoisotopic (exact) mass is 778 g/mol. The van der Waals surface area contributed by atoms with Gasteiger partial charge in [0.05, 0.1) is 40.9 Å². The summed E-state index contributed by atoms with van der Waals surface area (Å²) in [7, 11) is -16.8. The summed E-state index contributed by atoms with van der Waals surface area (Å²) < 4.78 is 97.7. The van der Waals surface area contributed by atoms with Gasteiger partial charge in [-0.05, 0) is 49.9 Å². The minimum atomic E-state index is -4.38. The lowest BCUT2D eigenvalue weighted by molar-refractivity contribution is -0.112. The van der Waals surface area contributed by atoms with E-state index in [0.717, 1.165) is 38.5 Å². The zero-order valence-corrected chi connectivity index (χ0v) is 34.1. The van der Waals surface area contributed by atoms with Crippen LogP contribution in [-0.2, 0) is 39.3 Å². The van der Waals surface area contributed by atoms with Crippen molar-refractivity contribution in [1.29, 1.82) is 11.1 Å². The Balaban J connectivity index is 0. The van der Waals surface area contributed by atoms with Gasteiger partial charge in [0.25, 0.3) is 39.3 Å². The van der Waals surface area contributed by atoms with Crippen LogP contribution >= 0.6 is 0 Å². The van der Waals surface area contributed by atoms with Crippen LogP contribution in [0.1, 0.15) is 120 Å². The van der Waals surface area contributed by atoms with E-state index in [1.807, 2.05) is 55.4 Å². The van der Waals surface area contributed by atoms with Gasteiger partial charge in [0.2, 0.25) is 0 Å². The molecule has 0 aromatic heterocycles. The molecular formula is C34H58N4O8S4+2. The van der Waals surface area contributed by atoms with Gasteiger partial charge in [-0.1, -0.05) is 130 Å². The molecule has 2 fully saturated rings. The van der Waals surface area contributed by atoms with Gasteiger partial charge in [-0.2, -0.15) is 0 Å². The predicted molar refractivity (Wildman–Crippen MR) is 200 cm³/mol. The third kappa shape index (κ3) is 13.3. The molecule has 0 bridgehead atoms. The van der Waals surface area contributed by atoms with Crippen LogP contribution < -0.4 is 0 Å². The summed E-state index contributed by atoms with van der Waals surface area (Å²) in [6, 6.07) is 14.1. The Morgan fingerprint density at radius 2 is 0.720 bits per heavy atom. The van der Waals surface area contributed by atoms with E-state index in [1.54, 1.807) is 12.1 Å². The molecule has 2 aliphatic rings. The van der Waals surface area contributed by atoms with Gasteiger partial charge in [0.15, 0.2) is 0 Å². The lowest BCUT2D eigenvalue weighted by atomic mass is 10.0. The average molecular weight is 779 g/mol. The van der Waals surface area contributed by atoms with Gasteiger partial charge in [-0.25, -0.2) is 33.7 Å². The van der Waals surface area contributed by atoms with Crippen molar-refractivity contribution in [2.24, 2.45) is 0 Å². The van der Waals surface area contributed by atoms with Gasteiger partial charge in [0, 0.05) is 0 Å². The van der Waals surface area contributed by atoms with E-state index < -0.39 is 58.6 Å². The predicted octanol–water partition coefficient (Wildman–Crippen LogP) is 7.71. The smallest absolute Gasteiger partial charge is 0.215 e. The first kappa shape index (κ1) is 49.1. The number of hydrogen-bond donors (Lipinski definition) is 2. The first-order chi connectivity index (χ1) is 23.8. The summed E-state index contributed by atoms with van der Waals surface area (Å²) in [5.41, 5.74) is 14.1. The van der Waals surface area contributed by atoms with Crippen molar-refractivity contribution in [3.63, 3.8) is 0 Å². The first-order valence-corrected chi connectivity index (χ1v) is 23.4. The van der Waals surface area contributed by atoms with E-state index in [0.29, 0.717) is 25.7 Å². The normalized spacial score (nSPS) is 14.9. The number of nitrogens with one attached hydrogen (secondary N) is 2. The van der Waals surface area contributed by atoms with E-state index in [4.69, 9.17) is 11.1 Å². The number of sulfone groups is 4. The number of rotatable bonds is 4. The Kier molecular flexibility index (Phi) is 24.6. The molecule has 50 heavy (non-hydrogen) atoms. The summed E-state index contributed by atoms with van der Waals surface area (Å²) in [6.45, 7) is 16.0. The third-order valence-electron chi connectivity index (χ3n) is 7.22. The second-order valence-corrected chi connectivity index (χ2v) is 18.5. The molecule has 0 atom stereocenters. The Morgan fingerprint density at radius 3 is 0.960 bits per heavy atom. The Morgan fingerprint density at radius 1 is 0.460 bits per heavy atom. The van der Waals surface area contributed by atoms with Gasteiger partial charge in [0.1, 0.15) is 0 Å². The molecule has 16 heteroatoms. The maximum atomic E-state index is 12.6. The van der Waals surface area contributed by atoms with Crippen LogP contribution in [0.15, 0.2) is 70.5 Å². The fraction of sp³-hybridized carbons (Fsp3) is 0.588. The molecule has 4 rings (SSSR count). The van der Waals surface area contributed by atoms with E-state index in [-0.39, 0.29) is 9.79 Å². The Labute approximate surface area is 301 Å². The zero-order chi connectivity index (χ0) is 39.0. The van der Waals surface area contributed by atoms with Crippen molar-refractivity contribution < 1.29 is 43.3 Å². The molecule has 284 valence electrons. The lowest BCUT2D eigenvalue weighted by Gasteiger charge is -2.22. The molecule has 0 heterocycles. The quantitative estimate of drug-likeness (QED) is 0.135. The standard InChI is InChI=1S/C13H23N2O4S2.C13H11N2O4S2.4C2H6/c2*14-15-13(20(16,17)11-7-3-1-4-8-11)21(18,19)12-9-5-2-6-10-12;4*1-2/h11-12,14H,1-10H2;1-10,14H;4*1-2H3/q2*+1;;;;. The molecule has 0 radical (unpaired) electrons. The van der Waals surface area contributed by atoms with E-state index >= 15 is 0 Å². The van der Waals surface area contributed by atoms with Crippen LogP contribution in [0.25, 0.3) is 0 Å². The van der Waals surface area contributed by atoms with Crippen LogP contribution in [-0.4, -0.2) is 62.5 Å². The van der Waals surface area contributed by atoms with Crippen molar-refractivity contribution in [2.45, 2.75) is 140 Å². The molecule has 2 aromatic carbocycles. The molecule has 0 saturated heterocycles. The highest BCUT2D eigenvalue weighted by atomic mass is 32.3. The highest BCUT2D eigenvalue weighted by molar-refractivity contribution is 8.31. The fourth-order valence-corrected chi connectivity index (χ4v) is 13.2. The largest absolute Gasteiger partial charge is 0.553 e. The van der Waals surface area contributed by atoms with Crippen molar-refractivity contribution in [2.75, 3.05) is 0 Å².